The summed E-state index contributed by atoms with van der Waals surface area (Å²) < 4.78 is 13.7. The molecule has 188 valence electrons. The van der Waals surface area contributed by atoms with Gasteiger partial charge in [0.05, 0.1) is 37.4 Å². The lowest BCUT2D eigenvalue weighted by Crippen LogP contribution is -2.19. The van der Waals surface area contributed by atoms with Crippen molar-refractivity contribution in [3.63, 3.8) is 0 Å². The molecule has 0 spiro atoms. The third-order valence-electron chi connectivity index (χ3n) is 6.08. The predicted octanol–water partition coefficient (Wildman–Crippen LogP) is 3.49. The Bertz CT molecular complexity index is 1710. The number of methoxy groups -OCH3 is 2. The maximum absolute atomic E-state index is 13.2. The molecule has 0 aliphatic rings. The first-order valence-corrected chi connectivity index (χ1v) is 11.5. The van der Waals surface area contributed by atoms with E-state index < -0.39 is 5.91 Å². The summed E-state index contributed by atoms with van der Waals surface area (Å²) in [6, 6.07) is 12.6. The summed E-state index contributed by atoms with van der Waals surface area (Å²) in [4.78, 5) is 33.5. The summed E-state index contributed by atoms with van der Waals surface area (Å²) in [5.41, 5.74) is 3.88. The lowest BCUT2D eigenvalue weighted by molar-refractivity contribution is 0.102. The number of nitrogens with zero attached hydrogens (tertiary/aromatic N) is 5. The van der Waals surface area contributed by atoms with Crippen LogP contribution in [0.5, 0.6) is 11.5 Å². The van der Waals surface area contributed by atoms with Gasteiger partial charge in [0.25, 0.3) is 11.5 Å². The second kappa shape index (κ2) is 9.26. The van der Waals surface area contributed by atoms with Crippen molar-refractivity contribution in [2.45, 2.75) is 20.8 Å². The largest absolute Gasteiger partial charge is 0.493 e. The highest BCUT2D eigenvalue weighted by molar-refractivity contribution is 6.06. The number of aromatic nitrogens is 6. The molecule has 2 N–H and O–H groups in total. The second-order valence-electron chi connectivity index (χ2n) is 8.53. The van der Waals surface area contributed by atoms with Crippen LogP contribution >= 0.6 is 0 Å². The van der Waals surface area contributed by atoms with Gasteiger partial charge in [-0.15, -0.1) is 0 Å². The van der Waals surface area contributed by atoms with Crippen molar-refractivity contribution >= 4 is 22.8 Å². The minimum absolute atomic E-state index is 0.129. The van der Waals surface area contributed by atoms with E-state index in [1.54, 1.807) is 35.9 Å². The quantitative estimate of drug-likeness (QED) is 0.366. The van der Waals surface area contributed by atoms with Crippen molar-refractivity contribution < 1.29 is 14.3 Å². The van der Waals surface area contributed by atoms with Crippen LogP contribution in [0.3, 0.4) is 0 Å². The average molecular weight is 500 g/mol. The van der Waals surface area contributed by atoms with Gasteiger partial charge in [-0.3, -0.25) is 14.6 Å². The third-order valence-corrected chi connectivity index (χ3v) is 6.08. The Morgan fingerprint density at radius 3 is 2.54 bits per heavy atom. The number of ether oxygens (including phenoxy) is 2. The fourth-order valence-electron chi connectivity index (χ4n) is 4.05. The summed E-state index contributed by atoms with van der Waals surface area (Å²) in [5.74, 6) is 0.725. The summed E-state index contributed by atoms with van der Waals surface area (Å²) in [6.45, 7) is 5.81. The van der Waals surface area contributed by atoms with E-state index in [4.69, 9.17) is 9.47 Å². The molecule has 0 bridgehead atoms. The maximum atomic E-state index is 13.2. The van der Waals surface area contributed by atoms with E-state index in [0.717, 1.165) is 16.8 Å². The van der Waals surface area contributed by atoms with Gasteiger partial charge in [-0.05, 0) is 56.2 Å². The molecule has 0 atom stereocenters. The van der Waals surface area contributed by atoms with Crippen molar-refractivity contribution in [2.75, 3.05) is 19.5 Å². The van der Waals surface area contributed by atoms with Crippen LogP contribution in [-0.4, -0.2) is 49.7 Å². The van der Waals surface area contributed by atoms with Gasteiger partial charge in [0.15, 0.2) is 17.1 Å². The monoisotopic (exact) mass is 499 g/mol. The lowest BCUT2D eigenvalue weighted by Gasteiger charge is -2.13. The summed E-state index contributed by atoms with van der Waals surface area (Å²) in [5, 5.41) is 12.0. The number of nitrogens with one attached hydrogen (secondary N) is 2. The smallest absolute Gasteiger partial charge is 0.263 e. The number of anilines is 1. The number of hydrogen-bond donors (Lipinski definition) is 2. The Labute approximate surface area is 211 Å². The number of carbonyl (C=O) groups excluding carboxylic acids is 1. The van der Waals surface area contributed by atoms with E-state index in [2.05, 4.69) is 25.5 Å². The number of fused-ring (bicyclic) bond motifs is 1. The average Bonchev–Trinajstić information content (AvgIpc) is 3.48. The van der Waals surface area contributed by atoms with Gasteiger partial charge in [0, 0.05) is 6.07 Å². The highest BCUT2D eigenvalue weighted by Crippen LogP contribution is 2.31. The molecule has 0 saturated carbocycles. The minimum atomic E-state index is -0.444. The Morgan fingerprint density at radius 1 is 1.00 bits per heavy atom. The Balaban J connectivity index is 1.58. The molecule has 0 unspecified atom stereocenters. The van der Waals surface area contributed by atoms with Gasteiger partial charge in [-0.25, -0.2) is 4.68 Å². The van der Waals surface area contributed by atoms with Gasteiger partial charge < -0.3 is 14.8 Å². The SMILES string of the molecule is COc1cccc(C(=O)Nc2cc(C)nn2-c2nc3c(cnn3-c3ccc(C)c(C)c3)c(=O)[nH]2)c1OC. The van der Waals surface area contributed by atoms with Crippen LogP contribution in [0.4, 0.5) is 5.82 Å². The normalized spacial score (nSPS) is 11.1. The maximum Gasteiger partial charge on any atom is 0.263 e. The van der Waals surface area contributed by atoms with Crippen LogP contribution in [-0.2, 0) is 0 Å². The molecule has 5 aromatic rings. The zero-order chi connectivity index (χ0) is 26.3. The first kappa shape index (κ1) is 23.8. The minimum Gasteiger partial charge on any atom is -0.493 e. The van der Waals surface area contributed by atoms with Crippen LogP contribution in [0.2, 0.25) is 0 Å². The van der Waals surface area contributed by atoms with Crippen LogP contribution in [0.25, 0.3) is 22.7 Å². The predicted molar refractivity (Wildman–Crippen MR) is 138 cm³/mol. The van der Waals surface area contributed by atoms with E-state index in [-0.39, 0.29) is 17.1 Å². The highest BCUT2D eigenvalue weighted by atomic mass is 16.5. The molecule has 1 amide bonds. The molecule has 5 rings (SSSR count). The van der Waals surface area contributed by atoms with E-state index >= 15 is 0 Å². The van der Waals surface area contributed by atoms with E-state index in [1.807, 2.05) is 32.0 Å². The molecule has 2 aromatic carbocycles. The fraction of sp³-hybridized carbons (Fsp3) is 0.192. The third kappa shape index (κ3) is 4.20. The van der Waals surface area contributed by atoms with Crippen LogP contribution in [0.1, 0.15) is 27.2 Å². The van der Waals surface area contributed by atoms with Crippen molar-refractivity contribution in [3.05, 3.63) is 81.4 Å². The number of H-pyrrole nitrogens is 1. The summed E-state index contributed by atoms with van der Waals surface area (Å²) in [6.07, 6.45) is 1.48. The molecule has 3 aromatic heterocycles. The number of para-hydroxylation sites is 1. The number of hydrogen-bond acceptors (Lipinski definition) is 7. The van der Waals surface area contributed by atoms with E-state index in [9.17, 15) is 9.59 Å². The topological polar surface area (TPSA) is 129 Å². The summed E-state index contributed by atoms with van der Waals surface area (Å²) >= 11 is 0. The molecule has 0 saturated heterocycles. The molecule has 3 heterocycles. The number of aryl methyl sites for hydroxylation is 3. The van der Waals surface area contributed by atoms with Crippen LogP contribution in [0, 0.1) is 20.8 Å². The highest BCUT2D eigenvalue weighted by Gasteiger charge is 2.20. The van der Waals surface area contributed by atoms with Gasteiger partial charge >= 0.3 is 0 Å². The lowest BCUT2D eigenvalue weighted by atomic mass is 10.1. The van der Waals surface area contributed by atoms with E-state index in [0.29, 0.717) is 34.0 Å². The fourth-order valence-corrected chi connectivity index (χ4v) is 4.05. The molecule has 0 aliphatic heterocycles. The number of rotatable bonds is 6. The zero-order valence-electron chi connectivity index (χ0n) is 21.0. The number of benzene rings is 2. The van der Waals surface area contributed by atoms with Crippen LogP contribution < -0.4 is 20.3 Å². The van der Waals surface area contributed by atoms with E-state index in [1.165, 1.54) is 25.1 Å². The molecular weight excluding hydrogens is 474 g/mol. The van der Waals surface area contributed by atoms with Gasteiger partial charge in [-0.2, -0.15) is 19.9 Å². The molecule has 37 heavy (non-hydrogen) atoms. The zero-order valence-corrected chi connectivity index (χ0v) is 21.0. The van der Waals surface area contributed by atoms with Crippen molar-refractivity contribution in [2.24, 2.45) is 0 Å². The van der Waals surface area contributed by atoms with Crippen LogP contribution in [0.15, 0.2) is 53.5 Å². The number of amides is 1. The van der Waals surface area contributed by atoms with Crippen molar-refractivity contribution in [1.82, 2.24) is 29.5 Å². The second-order valence-corrected chi connectivity index (χ2v) is 8.53. The molecule has 0 aliphatic carbocycles. The van der Waals surface area contributed by atoms with Crippen molar-refractivity contribution in [1.29, 1.82) is 0 Å². The first-order valence-electron chi connectivity index (χ1n) is 11.5. The number of aromatic amines is 1. The molecule has 11 heteroatoms. The first-order chi connectivity index (χ1) is 17.8. The molecular formula is C26H25N7O4. The summed E-state index contributed by atoms with van der Waals surface area (Å²) in [7, 11) is 2.96. The Kier molecular flexibility index (Phi) is 5.96. The Hall–Kier alpha value is -4.93. The van der Waals surface area contributed by atoms with Gasteiger partial charge in [-0.1, -0.05) is 12.1 Å². The standard InChI is InChI=1S/C26H25N7O4/c1-14-9-10-17(11-15(14)2)32-23-19(13-27-32)25(35)30-26(29-23)33-21(12-16(3)31-33)28-24(34)18-7-6-8-20(36-4)22(18)37-5/h6-13H,1-5H3,(H,28,34)(H,29,30,35). The van der Waals surface area contributed by atoms with Gasteiger partial charge in [0.1, 0.15) is 11.2 Å². The van der Waals surface area contributed by atoms with Crippen molar-refractivity contribution in [3.8, 4) is 23.1 Å². The molecule has 0 fully saturated rings. The van der Waals surface area contributed by atoms with Gasteiger partial charge in [0.2, 0.25) is 5.95 Å². The Morgan fingerprint density at radius 2 is 1.81 bits per heavy atom. The molecule has 11 nitrogen and oxygen atoms in total. The molecule has 0 radical (unpaired) electrons. The number of carbonyl (C=O) groups is 1.